The Bertz CT molecular complexity index is 104. The van der Waals surface area contributed by atoms with Crippen molar-refractivity contribution in [2.24, 2.45) is 0 Å². The molecule has 0 amide bonds. The second-order valence-corrected chi connectivity index (χ2v) is 1.87. The molecule has 4 N–H and O–H groups in total. The summed E-state index contributed by atoms with van der Waals surface area (Å²) in [5.41, 5.74) is 0. The first-order valence-electron chi connectivity index (χ1n) is 2.73. The van der Waals surface area contributed by atoms with Gasteiger partial charge in [-0.1, -0.05) is 0 Å². The molecule has 0 aliphatic carbocycles. The molecule has 0 bridgehead atoms. The molecule has 0 unspecified atom stereocenters. The van der Waals surface area contributed by atoms with Gasteiger partial charge in [0.05, 0.1) is 6.61 Å². The summed E-state index contributed by atoms with van der Waals surface area (Å²) in [5, 5.41) is 34.1. The normalized spacial score (nSPS) is 19.6. The zero-order chi connectivity index (χ0) is 8.15. The first kappa shape index (κ1) is 9.51. The predicted octanol–water partition coefficient (Wildman–Crippen LogP) is -2.74. The van der Waals surface area contributed by atoms with E-state index < -0.39 is 24.9 Å². The molecule has 0 aliphatic heterocycles. The second-order valence-electron chi connectivity index (χ2n) is 1.87. The second kappa shape index (κ2) is 4.35. The van der Waals surface area contributed by atoms with E-state index in [4.69, 9.17) is 20.4 Å². The fourth-order valence-electron chi connectivity index (χ4n) is 0.416. The van der Waals surface area contributed by atoms with E-state index >= 15 is 0 Å². The third-order valence-corrected chi connectivity index (χ3v) is 1.07. The van der Waals surface area contributed by atoms with Crippen LogP contribution in [0.3, 0.4) is 0 Å². The first-order chi connectivity index (χ1) is 4.63. The lowest BCUT2D eigenvalue weighted by atomic mass is 10.1. The van der Waals surface area contributed by atoms with Crippen LogP contribution in [-0.4, -0.2) is 51.6 Å². The maximum absolute atomic E-state index is 9.76. The Labute approximate surface area is 57.5 Å². The molecule has 3 atom stereocenters. The highest BCUT2D eigenvalue weighted by molar-refractivity contribution is 5.56. The SMILES string of the molecule is O=C[C@H](O)[C@@H](O)[C@H](O)C[18OH]. The van der Waals surface area contributed by atoms with Crippen LogP contribution in [0.25, 0.3) is 0 Å². The van der Waals surface area contributed by atoms with Gasteiger partial charge in [0, 0.05) is 0 Å². The van der Waals surface area contributed by atoms with Crippen LogP contribution in [0.5, 0.6) is 0 Å². The minimum absolute atomic E-state index is 0.0869. The van der Waals surface area contributed by atoms with Crippen molar-refractivity contribution in [3.63, 3.8) is 0 Å². The number of hydrogen-bond donors (Lipinski definition) is 4. The maximum atomic E-state index is 9.76. The highest BCUT2D eigenvalue weighted by Crippen LogP contribution is 1.96. The molecular formula is C5H10O5. The summed E-state index contributed by atoms with van der Waals surface area (Å²) in [5.74, 6) is 0. The average Bonchev–Trinajstić information content (AvgIpc) is 2.00. The molecule has 0 saturated carbocycles. The van der Waals surface area contributed by atoms with Crippen molar-refractivity contribution in [2.75, 3.05) is 6.61 Å². The molecule has 0 heterocycles. The Balaban J connectivity index is 3.80. The summed E-state index contributed by atoms with van der Waals surface area (Å²) in [7, 11) is 0. The van der Waals surface area contributed by atoms with E-state index in [1.165, 1.54) is 0 Å². The quantitative estimate of drug-likeness (QED) is 0.259. The number of carbonyl (C=O) groups excluding carboxylic acids is 1. The monoisotopic (exact) mass is 152 g/mol. The zero-order valence-electron chi connectivity index (χ0n) is 5.21. The molecule has 5 nitrogen and oxygen atoms in total. The van der Waals surface area contributed by atoms with Gasteiger partial charge < -0.3 is 25.2 Å². The molecule has 0 fully saturated rings. The fraction of sp³-hybridized carbons (Fsp3) is 0.800. The lowest BCUT2D eigenvalue weighted by Gasteiger charge is -2.16. The fourth-order valence-corrected chi connectivity index (χ4v) is 0.416. The highest BCUT2D eigenvalue weighted by atomic mass is 18.2. The summed E-state index contributed by atoms with van der Waals surface area (Å²) < 4.78 is 0. The van der Waals surface area contributed by atoms with Crippen molar-refractivity contribution < 1.29 is 25.2 Å². The summed E-state index contributed by atoms with van der Waals surface area (Å²) in [4.78, 5) is 9.76. The van der Waals surface area contributed by atoms with Crippen LogP contribution in [0.15, 0.2) is 0 Å². The third kappa shape index (κ3) is 2.40. The number of hydrogen-bond acceptors (Lipinski definition) is 5. The minimum Gasteiger partial charge on any atom is -0.394 e. The van der Waals surface area contributed by atoms with Crippen molar-refractivity contribution in [2.45, 2.75) is 18.3 Å². The molecule has 0 spiro atoms. The number of rotatable bonds is 4. The van der Waals surface area contributed by atoms with Gasteiger partial charge in [0.2, 0.25) is 0 Å². The van der Waals surface area contributed by atoms with Crippen molar-refractivity contribution in [3.05, 3.63) is 0 Å². The summed E-state index contributed by atoms with van der Waals surface area (Å²) in [6.07, 6.45) is -4.63. The number of carbonyl (C=O) groups is 1. The van der Waals surface area contributed by atoms with Gasteiger partial charge in [-0.15, -0.1) is 0 Å². The zero-order valence-corrected chi connectivity index (χ0v) is 5.21. The summed E-state index contributed by atoms with van der Waals surface area (Å²) in [6.45, 7) is -0.688. The van der Waals surface area contributed by atoms with Gasteiger partial charge in [-0.2, -0.15) is 0 Å². The lowest BCUT2D eigenvalue weighted by Crippen LogP contribution is -2.40. The molecule has 0 radical (unpaired) electrons. The van der Waals surface area contributed by atoms with E-state index in [-0.39, 0.29) is 6.29 Å². The van der Waals surface area contributed by atoms with E-state index in [1.807, 2.05) is 0 Å². The molecular weight excluding hydrogens is 142 g/mol. The van der Waals surface area contributed by atoms with Crippen LogP contribution in [0.4, 0.5) is 0 Å². The smallest absolute Gasteiger partial charge is 0.151 e. The van der Waals surface area contributed by atoms with Crippen LogP contribution in [0.2, 0.25) is 0 Å². The first-order valence-corrected chi connectivity index (χ1v) is 2.73. The Morgan fingerprint density at radius 1 is 1.40 bits per heavy atom. The Morgan fingerprint density at radius 3 is 2.20 bits per heavy atom. The maximum Gasteiger partial charge on any atom is 0.151 e. The Kier molecular flexibility index (Phi) is 4.13. The van der Waals surface area contributed by atoms with E-state index in [1.54, 1.807) is 0 Å². The van der Waals surface area contributed by atoms with Crippen molar-refractivity contribution in [1.82, 2.24) is 0 Å². The predicted molar refractivity (Wildman–Crippen MR) is 31.2 cm³/mol. The number of aliphatic hydroxyl groups is 4. The molecule has 60 valence electrons. The van der Waals surface area contributed by atoms with E-state index in [2.05, 4.69) is 0 Å². The molecule has 0 rings (SSSR count). The van der Waals surface area contributed by atoms with Crippen molar-refractivity contribution in [3.8, 4) is 0 Å². The lowest BCUT2D eigenvalue weighted by molar-refractivity contribution is -0.127. The largest absolute Gasteiger partial charge is 0.394 e. The molecule has 0 aliphatic rings. The molecule has 0 saturated heterocycles. The summed E-state index contributed by atoms with van der Waals surface area (Å²) >= 11 is 0. The van der Waals surface area contributed by atoms with E-state index in [0.717, 1.165) is 0 Å². The Hall–Kier alpha value is -0.490. The molecule has 0 aromatic heterocycles. The molecule has 0 aromatic carbocycles. The van der Waals surface area contributed by atoms with Gasteiger partial charge in [0.25, 0.3) is 0 Å². The molecule has 0 aromatic rings. The van der Waals surface area contributed by atoms with Crippen LogP contribution in [-0.2, 0) is 4.79 Å². The Morgan fingerprint density at radius 2 is 1.90 bits per heavy atom. The standard InChI is InChI=1S/C5H10O5/c6-1-3(8)5(10)4(9)2-7/h1,3-5,7-10H,2H2/t3-,4+,5+/m0/s1/i7+2. The molecule has 10 heavy (non-hydrogen) atoms. The van der Waals surface area contributed by atoms with Gasteiger partial charge in [-0.3, -0.25) is 0 Å². The highest BCUT2D eigenvalue weighted by Gasteiger charge is 2.22. The third-order valence-electron chi connectivity index (χ3n) is 1.07. The van der Waals surface area contributed by atoms with Crippen LogP contribution in [0, 0.1) is 0 Å². The van der Waals surface area contributed by atoms with Crippen LogP contribution in [0.1, 0.15) is 0 Å². The van der Waals surface area contributed by atoms with E-state index in [0.29, 0.717) is 0 Å². The van der Waals surface area contributed by atoms with Gasteiger partial charge >= 0.3 is 0 Å². The van der Waals surface area contributed by atoms with Crippen molar-refractivity contribution in [1.29, 1.82) is 0 Å². The van der Waals surface area contributed by atoms with Gasteiger partial charge in [0.15, 0.2) is 6.29 Å². The minimum atomic E-state index is -1.64. The number of aliphatic hydroxyl groups excluding tert-OH is 4. The number of aldehydes is 1. The van der Waals surface area contributed by atoms with Crippen molar-refractivity contribution >= 4 is 6.29 Å². The van der Waals surface area contributed by atoms with Gasteiger partial charge in [-0.25, -0.2) is 0 Å². The molecule has 5 heteroatoms. The average molecular weight is 152 g/mol. The summed E-state index contributed by atoms with van der Waals surface area (Å²) in [6, 6.07) is 0. The van der Waals surface area contributed by atoms with E-state index in [9.17, 15) is 4.79 Å². The topological polar surface area (TPSA) is 98.0 Å². The van der Waals surface area contributed by atoms with Crippen LogP contribution < -0.4 is 0 Å². The van der Waals surface area contributed by atoms with Gasteiger partial charge in [0.1, 0.15) is 18.3 Å². The van der Waals surface area contributed by atoms with Gasteiger partial charge in [-0.05, 0) is 0 Å². The van der Waals surface area contributed by atoms with Crippen LogP contribution >= 0.6 is 0 Å².